The maximum Gasteiger partial charge on any atom is 0.307 e. The minimum atomic E-state index is -0.647. The fourth-order valence-corrected chi connectivity index (χ4v) is 3.61. The molecule has 2 aliphatic rings. The van der Waals surface area contributed by atoms with Crippen molar-refractivity contribution in [1.29, 1.82) is 0 Å². The molecule has 1 aromatic rings. The van der Waals surface area contributed by atoms with Crippen LogP contribution in [0.3, 0.4) is 0 Å². The van der Waals surface area contributed by atoms with Crippen molar-refractivity contribution < 1.29 is 9.90 Å². The Kier molecular flexibility index (Phi) is 3.24. The third-order valence-electron chi connectivity index (χ3n) is 4.30. The molecule has 1 aliphatic carbocycles. The van der Waals surface area contributed by atoms with Crippen LogP contribution in [0.4, 0.5) is 0 Å². The van der Waals surface area contributed by atoms with Crippen LogP contribution < -0.4 is 0 Å². The molecule has 19 heavy (non-hydrogen) atoms. The van der Waals surface area contributed by atoms with E-state index in [9.17, 15) is 4.79 Å². The number of likely N-dealkylation sites (tertiary alicyclic amines) is 1. The summed E-state index contributed by atoms with van der Waals surface area (Å²) in [4.78, 5) is 13.2. The lowest BCUT2D eigenvalue weighted by atomic mass is 10.1. The molecule has 1 N–H and O–H groups in total. The molecule has 1 heterocycles. The van der Waals surface area contributed by atoms with E-state index >= 15 is 0 Å². The summed E-state index contributed by atoms with van der Waals surface area (Å²) in [5.74, 6) is -0.103. The normalized spacial score (nSPS) is 29.3. The zero-order valence-corrected chi connectivity index (χ0v) is 12.1. The standard InChI is InChI=1S/C14H15Cl2NO2/c1-7-2-3-8(13(16)12(7)15)4-17-5-9-10(6-17)11(9)14(18)19/h2-3,9-11H,4-6H2,1H3,(H,18,19)/t9-,10+,11?. The Morgan fingerprint density at radius 1 is 1.32 bits per heavy atom. The SMILES string of the molecule is Cc1ccc(CN2C[C@@H]3C(C(=O)O)[C@@H]3C2)c(Cl)c1Cl. The van der Waals surface area contributed by atoms with Gasteiger partial charge in [0.25, 0.3) is 0 Å². The van der Waals surface area contributed by atoms with E-state index in [4.69, 9.17) is 28.3 Å². The average Bonchev–Trinajstić information content (AvgIpc) is 2.88. The van der Waals surface area contributed by atoms with Crippen LogP contribution in [0.1, 0.15) is 11.1 Å². The maximum atomic E-state index is 10.9. The molecule has 2 fully saturated rings. The number of rotatable bonds is 3. The summed E-state index contributed by atoms with van der Waals surface area (Å²) < 4.78 is 0. The van der Waals surface area contributed by atoms with Crippen molar-refractivity contribution in [3.8, 4) is 0 Å². The van der Waals surface area contributed by atoms with Gasteiger partial charge >= 0.3 is 5.97 Å². The molecule has 1 aliphatic heterocycles. The van der Waals surface area contributed by atoms with Crippen molar-refractivity contribution >= 4 is 29.2 Å². The number of benzene rings is 1. The number of hydrogen-bond donors (Lipinski definition) is 1. The Labute approximate surface area is 122 Å². The van der Waals surface area contributed by atoms with Crippen LogP contribution in [0.15, 0.2) is 12.1 Å². The van der Waals surface area contributed by atoms with Gasteiger partial charge in [-0.15, -0.1) is 0 Å². The predicted octanol–water partition coefficient (Wildman–Crippen LogP) is 3.06. The third-order valence-corrected chi connectivity index (χ3v) is 5.32. The Hall–Kier alpha value is -0.770. The summed E-state index contributed by atoms with van der Waals surface area (Å²) in [7, 11) is 0. The first kappa shape index (κ1) is 13.2. The highest BCUT2D eigenvalue weighted by Gasteiger charge is 2.59. The molecule has 3 nitrogen and oxygen atoms in total. The molecular weight excluding hydrogens is 285 g/mol. The quantitative estimate of drug-likeness (QED) is 0.932. The predicted molar refractivity (Wildman–Crippen MR) is 74.6 cm³/mol. The molecule has 0 bridgehead atoms. The summed E-state index contributed by atoms with van der Waals surface area (Å²) in [5, 5.41) is 10.2. The van der Waals surface area contributed by atoms with Gasteiger partial charge in [-0.1, -0.05) is 35.3 Å². The van der Waals surface area contributed by atoms with Crippen LogP contribution in [-0.4, -0.2) is 29.1 Å². The van der Waals surface area contributed by atoms with E-state index in [2.05, 4.69) is 4.90 Å². The van der Waals surface area contributed by atoms with Crippen molar-refractivity contribution in [2.75, 3.05) is 13.1 Å². The molecule has 102 valence electrons. The number of halogens is 2. The number of carboxylic acids is 1. The van der Waals surface area contributed by atoms with Gasteiger partial charge in [-0.3, -0.25) is 9.69 Å². The highest BCUT2D eigenvalue weighted by atomic mass is 35.5. The molecule has 3 atom stereocenters. The molecule has 5 heteroatoms. The molecule has 1 saturated carbocycles. The van der Waals surface area contributed by atoms with Gasteiger partial charge in [0.15, 0.2) is 0 Å². The second-order valence-corrected chi connectivity index (χ2v) is 6.31. The van der Waals surface area contributed by atoms with Crippen molar-refractivity contribution in [3.05, 3.63) is 33.3 Å². The summed E-state index contributed by atoms with van der Waals surface area (Å²) in [6, 6.07) is 3.97. The zero-order chi connectivity index (χ0) is 13.7. The summed E-state index contributed by atoms with van der Waals surface area (Å²) in [6.45, 7) is 4.38. The Morgan fingerprint density at radius 2 is 1.95 bits per heavy atom. The molecule has 1 unspecified atom stereocenters. The van der Waals surface area contributed by atoms with Gasteiger partial charge in [0.1, 0.15) is 0 Å². The molecular formula is C14H15Cl2NO2. The fraction of sp³-hybridized carbons (Fsp3) is 0.500. The van der Waals surface area contributed by atoms with E-state index in [-0.39, 0.29) is 5.92 Å². The molecule has 0 aromatic heterocycles. The third kappa shape index (κ3) is 2.24. The number of carbonyl (C=O) groups is 1. The van der Waals surface area contributed by atoms with E-state index in [1.807, 2.05) is 19.1 Å². The van der Waals surface area contributed by atoms with Crippen LogP contribution in [0, 0.1) is 24.7 Å². The van der Waals surface area contributed by atoms with E-state index in [1.165, 1.54) is 0 Å². The van der Waals surface area contributed by atoms with Crippen molar-refractivity contribution in [2.24, 2.45) is 17.8 Å². The molecule has 0 amide bonds. The van der Waals surface area contributed by atoms with Gasteiger partial charge in [-0.25, -0.2) is 0 Å². The summed E-state index contributed by atoms with van der Waals surface area (Å²) >= 11 is 12.4. The fourth-order valence-electron chi connectivity index (χ4n) is 3.16. The Morgan fingerprint density at radius 3 is 2.53 bits per heavy atom. The van der Waals surface area contributed by atoms with Crippen LogP contribution >= 0.6 is 23.2 Å². The van der Waals surface area contributed by atoms with Crippen molar-refractivity contribution in [1.82, 2.24) is 4.90 Å². The average molecular weight is 300 g/mol. The van der Waals surface area contributed by atoms with Crippen LogP contribution in [0.25, 0.3) is 0 Å². The van der Waals surface area contributed by atoms with E-state index in [0.717, 1.165) is 30.8 Å². The van der Waals surface area contributed by atoms with Gasteiger partial charge in [0.05, 0.1) is 16.0 Å². The largest absolute Gasteiger partial charge is 0.481 e. The lowest BCUT2D eigenvalue weighted by Crippen LogP contribution is -2.26. The van der Waals surface area contributed by atoms with E-state index in [1.54, 1.807) is 0 Å². The highest BCUT2D eigenvalue weighted by molar-refractivity contribution is 6.42. The van der Waals surface area contributed by atoms with Crippen LogP contribution in [0.2, 0.25) is 10.0 Å². The zero-order valence-electron chi connectivity index (χ0n) is 10.6. The molecule has 1 saturated heterocycles. The second kappa shape index (κ2) is 4.65. The Balaban J connectivity index is 1.66. The molecule has 0 radical (unpaired) electrons. The van der Waals surface area contributed by atoms with E-state index in [0.29, 0.717) is 21.9 Å². The number of fused-ring (bicyclic) bond motifs is 1. The first-order valence-corrected chi connectivity index (χ1v) is 7.13. The number of aliphatic carboxylic acids is 1. The number of hydrogen-bond acceptors (Lipinski definition) is 2. The molecule has 0 spiro atoms. The number of aryl methyl sites for hydroxylation is 1. The monoisotopic (exact) mass is 299 g/mol. The topological polar surface area (TPSA) is 40.5 Å². The second-order valence-electron chi connectivity index (χ2n) is 5.56. The first-order chi connectivity index (χ1) is 8.99. The smallest absolute Gasteiger partial charge is 0.307 e. The number of nitrogens with zero attached hydrogens (tertiary/aromatic N) is 1. The van der Waals surface area contributed by atoms with Gasteiger partial charge in [0.2, 0.25) is 0 Å². The highest BCUT2D eigenvalue weighted by Crippen LogP contribution is 2.52. The lowest BCUT2D eigenvalue weighted by Gasteiger charge is -2.20. The Bertz CT molecular complexity index is 534. The summed E-state index contributed by atoms with van der Waals surface area (Å²) in [5.41, 5.74) is 2.00. The minimum Gasteiger partial charge on any atom is -0.481 e. The van der Waals surface area contributed by atoms with E-state index < -0.39 is 5.97 Å². The van der Waals surface area contributed by atoms with Gasteiger partial charge in [-0.05, 0) is 29.9 Å². The summed E-state index contributed by atoms with van der Waals surface area (Å²) in [6.07, 6.45) is 0. The van der Waals surface area contributed by atoms with Gasteiger partial charge in [0, 0.05) is 19.6 Å². The van der Waals surface area contributed by atoms with Crippen LogP contribution in [0.5, 0.6) is 0 Å². The molecule has 3 rings (SSSR count). The maximum absolute atomic E-state index is 10.9. The lowest BCUT2D eigenvalue weighted by molar-refractivity contribution is -0.139. The number of carboxylic acid groups (broad SMARTS) is 1. The first-order valence-electron chi connectivity index (χ1n) is 6.37. The number of piperidine rings is 1. The van der Waals surface area contributed by atoms with Crippen molar-refractivity contribution in [2.45, 2.75) is 13.5 Å². The van der Waals surface area contributed by atoms with Crippen LogP contribution in [-0.2, 0) is 11.3 Å². The van der Waals surface area contributed by atoms with Crippen molar-refractivity contribution in [3.63, 3.8) is 0 Å². The minimum absolute atomic E-state index is 0.117. The van der Waals surface area contributed by atoms with Gasteiger partial charge < -0.3 is 5.11 Å². The van der Waals surface area contributed by atoms with Gasteiger partial charge in [-0.2, -0.15) is 0 Å². The molecule has 1 aromatic carbocycles.